The van der Waals surface area contributed by atoms with Crippen molar-refractivity contribution in [2.45, 2.75) is 6.04 Å². The zero-order valence-electron chi connectivity index (χ0n) is 25.4. The van der Waals surface area contributed by atoms with Crippen LogP contribution < -0.4 is 16.0 Å². The van der Waals surface area contributed by atoms with E-state index < -0.39 is 0 Å². The number of hydrogen-bond acceptors (Lipinski definition) is 3. The number of fused-ring (bicyclic) bond motifs is 3. The second-order valence-electron chi connectivity index (χ2n) is 12.3. The zero-order chi connectivity index (χ0) is 30.5. The van der Waals surface area contributed by atoms with Gasteiger partial charge in [0.15, 0.2) is 0 Å². The highest BCUT2D eigenvalue weighted by molar-refractivity contribution is 6.18. The molecule has 0 radical (unpaired) electrons. The zero-order valence-corrected chi connectivity index (χ0v) is 25.4. The third kappa shape index (κ3) is 4.52. The van der Waals surface area contributed by atoms with Crippen LogP contribution in [0.15, 0.2) is 169 Å². The summed E-state index contributed by atoms with van der Waals surface area (Å²) >= 11 is 0. The molecule has 3 N–H and O–H groups in total. The molecule has 9 rings (SSSR count). The summed E-state index contributed by atoms with van der Waals surface area (Å²) in [5.74, 6) is 0. The summed E-state index contributed by atoms with van der Waals surface area (Å²) < 4.78 is 0. The molecule has 3 heteroatoms. The molecule has 1 atom stereocenters. The maximum Gasteiger partial charge on any atom is 0.0687 e. The van der Waals surface area contributed by atoms with Gasteiger partial charge in [-0.25, -0.2) is 0 Å². The Morgan fingerprint density at radius 2 is 1.33 bits per heavy atom. The molecular weight excluding hydrogens is 558 g/mol. The van der Waals surface area contributed by atoms with E-state index in [0.717, 1.165) is 18.8 Å². The third-order valence-corrected chi connectivity index (χ3v) is 9.54. The van der Waals surface area contributed by atoms with Crippen LogP contribution in [-0.4, -0.2) is 19.1 Å². The van der Waals surface area contributed by atoms with Crippen LogP contribution in [0.5, 0.6) is 0 Å². The van der Waals surface area contributed by atoms with Crippen LogP contribution in [0.1, 0.15) is 5.56 Å². The minimum atomic E-state index is 0.102. The van der Waals surface area contributed by atoms with Gasteiger partial charge in [-0.3, -0.25) is 0 Å². The lowest BCUT2D eigenvalue weighted by atomic mass is 9.90. The topological polar surface area (TPSA) is 36.1 Å². The van der Waals surface area contributed by atoms with E-state index in [2.05, 4.69) is 162 Å². The van der Waals surface area contributed by atoms with Crippen LogP contribution in [0.4, 0.5) is 0 Å². The monoisotopic (exact) mass is 591 g/mol. The predicted molar refractivity (Wildman–Crippen MR) is 193 cm³/mol. The average Bonchev–Trinajstić information content (AvgIpc) is 3.47. The Morgan fingerprint density at radius 3 is 2.11 bits per heavy atom. The van der Waals surface area contributed by atoms with Gasteiger partial charge in [-0.05, 0) is 102 Å². The second-order valence-corrected chi connectivity index (χ2v) is 12.3. The molecule has 0 spiro atoms. The fourth-order valence-electron chi connectivity index (χ4n) is 7.31. The van der Waals surface area contributed by atoms with Crippen molar-refractivity contribution in [1.29, 1.82) is 0 Å². The maximum atomic E-state index is 3.78. The summed E-state index contributed by atoms with van der Waals surface area (Å²) in [5, 5.41) is 13.2. The van der Waals surface area contributed by atoms with Gasteiger partial charge in [-0.2, -0.15) is 0 Å². The SMILES string of the molecule is C1=CNCC(C2C=C(c3cccc(-c4cccc(-c5ccc6c7c(cccc57)-c5ccccc5-6)c4)c3)C=C(C3=CNCC=C3)N2)=C1. The highest BCUT2D eigenvalue weighted by Crippen LogP contribution is 2.49. The van der Waals surface area contributed by atoms with E-state index in [1.165, 1.54) is 77.6 Å². The van der Waals surface area contributed by atoms with Gasteiger partial charge in [0, 0.05) is 30.6 Å². The molecule has 0 amide bonds. The molecule has 0 bridgehead atoms. The summed E-state index contributed by atoms with van der Waals surface area (Å²) in [5.41, 5.74) is 16.3. The molecule has 0 aromatic heterocycles. The van der Waals surface area contributed by atoms with Crippen LogP contribution in [0, 0.1) is 0 Å². The molecular formula is C43H33N3. The Bertz CT molecular complexity index is 2210. The van der Waals surface area contributed by atoms with Crippen LogP contribution in [0.3, 0.4) is 0 Å². The first kappa shape index (κ1) is 26.6. The minimum absolute atomic E-state index is 0.102. The highest BCUT2D eigenvalue weighted by atomic mass is 15.0. The fraction of sp³-hybridized carbons (Fsp3) is 0.0698. The molecule has 0 saturated carbocycles. The first-order valence-corrected chi connectivity index (χ1v) is 16.1. The molecule has 46 heavy (non-hydrogen) atoms. The first-order chi connectivity index (χ1) is 22.8. The number of benzene rings is 5. The van der Waals surface area contributed by atoms with E-state index in [-0.39, 0.29) is 6.04 Å². The van der Waals surface area contributed by atoms with Crippen molar-refractivity contribution in [3.63, 3.8) is 0 Å². The third-order valence-electron chi connectivity index (χ3n) is 9.54. The minimum Gasteiger partial charge on any atom is -0.387 e. The van der Waals surface area contributed by atoms with E-state index in [1.807, 2.05) is 6.20 Å². The standard InChI is InChI=1S/C43H33N3/c1-2-15-37-36(14-1)39-17-5-16-38-35(18-19-40(37)43(38)39)31-11-4-9-29(23-31)28-8-3-10-30(22-28)34-24-41(32-12-6-20-44-26-32)46-42(25-34)33-13-7-21-45-27-33/h1-20,22-25,27,41,44-46H,21,26H2. The lowest BCUT2D eigenvalue weighted by Crippen LogP contribution is -2.36. The van der Waals surface area contributed by atoms with Gasteiger partial charge in [0.2, 0.25) is 0 Å². The van der Waals surface area contributed by atoms with E-state index in [9.17, 15) is 0 Å². The quantitative estimate of drug-likeness (QED) is 0.187. The summed E-state index contributed by atoms with van der Waals surface area (Å²) in [6.45, 7) is 1.69. The molecule has 0 saturated heterocycles. The van der Waals surface area contributed by atoms with E-state index in [4.69, 9.17) is 0 Å². The van der Waals surface area contributed by atoms with Crippen molar-refractivity contribution in [1.82, 2.24) is 16.0 Å². The molecule has 4 aliphatic rings. The number of nitrogens with one attached hydrogen (secondary N) is 3. The molecule has 5 aromatic rings. The normalized spacial score (nSPS) is 17.6. The fourth-order valence-corrected chi connectivity index (χ4v) is 7.31. The van der Waals surface area contributed by atoms with Crippen molar-refractivity contribution in [2.24, 2.45) is 0 Å². The molecule has 1 aliphatic carbocycles. The Hall–Kier alpha value is -5.80. The van der Waals surface area contributed by atoms with Gasteiger partial charge in [-0.1, -0.05) is 115 Å². The predicted octanol–water partition coefficient (Wildman–Crippen LogP) is 9.15. The van der Waals surface area contributed by atoms with Crippen LogP contribution in [0.2, 0.25) is 0 Å². The van der Waals surface area contributed by atoms with Gasteiger partial charge < -0.3 is 16.0 Å². The Balaban J connectivity index is 1.10. The number of allylic oxidation sites excluding steroid dienone is 5. The van der Waals surface area contributed by atoms with E-state index in [1.54, 1.807) is 0 Å². The Kier molecular flexibility index (Phi) is 6.34. The Morgan fingerprint density at radius 1 is 0.609 bits per heavy atom. The van der Waals surface area contributed by atoms with Crippen molar-refractivity contribution >= 4 is 16.3 Å². The summed E-state index contributed by atoms with van der Waals surface area (Å²) in [6.07, 6.45) is 17.4. The smallest absolute Gasteiger partial charge is 0.0687 e. The van der Waals surface area contributed by atoms with Crippen LogP contribution in [-0.2, 0) is 0 Å². The lowest BCUT2D eigenvalue weighted by molar-refractivity contribution is 0.711. The molecule has 220 valence electrons. The van der Waals surface area contributed by atoms with Gasteiger partial charge in [-0.15, -0.1) is 0 Å². The number of hydrogen-bond donors (Lipinski definition) is 3. The van der Waals surface area contributed by atoms with Crippen molar-refractivity contribution < 1.29 is 0 Å². The second kappa shape index (κ2) is 11.0. The van der Waals surface area contributed by atoms with E-state index >= 15 is 0 Å². The molecule has 3 aliphatic heterocycles. The first-order valence-electron chi connectivity index (χ1n) is 16.1. The highest BCUT2D eigenvalue weighted by Gasteiger charge is 2.23. The molecule has 5 aromatic carbocycles. The van der Waals surface area contributed by atoms with Crippen molar-refractivity contribution in [2.75, 3.05) is 13.1 Å². The van der Waals surface area contributed by atoms with Gasteiger partial charge in [0.05, 0.1) is 6.04 Å². The summed E-state index contributed by atoms with van der Waals surface area (Å²) in [6, 6.07) is 38.2. The van der Waals surface area contributed by atoms with Crippen LogP contribution in [0.25, 0.3) is 60.9 Å². The molecule has 1 unspecified atom stereocenters. The van der Waals surface area contributed by atoms with Crippen molar-refractivity contribution in [3.05, 3.63) is 174 Å². The van der Waals surface area contributed by atoms with Gasteiger partial charge >= 0.3 is 0 Å². The van der Waals surface area contributed by atoms with E-state index in [0.29, 0.717) is 0 Å². The maximum absolute atomic E-state index is 3.78. The lowest BCUT2D eigenvalue weighted by Gasteiger charge is -2.29. The summed E-state index contributed by atoms with van der Waals surface area (Å²) in [4.78, 5) is 0. The molecule has 3 nitrogen and oxygen atoms in total. The van der Waals surface area contributed by atoms with Gasteiger partial charge in [0.1, 0.15) is 0 Å². The molecule has 3 heterocycles. The summed E-state index contributed by atoms with van der Waals surface area (Å²) in [7, 11) is 0. The average molecular weight is 592 g/mol. The largest absolute Gasteiger partial charge is 0.387 e. The van der Waals surface area contributed by atoms with Crippen molar-refractivity contribution in [3.8, 4) is 44.5 Å². The Labute approximate surface area is 269 Å². The van der Waals surface area contributed by atoms with Gasteiger partial charge in [0.25, 0.3) is 0 Å². The van der Waals surface area contributed by atoms with Crippen LogP contribution >= 0.6 is 0 Å². The number of rotatable bonds is 5. The number of dihydropyridines is 3. The molecule has 0 fully saturated rings.